The molecule has 4 rings (SSSR count). The monoisotopic (exact) mass is 432 g/mol. The van der Waals surface area contributed by atoms with Crippen molar-refractivity contribution in [1.82, 2.24) is 0 Å². The molecule has 0 radical (unpaired) electrons. The molecule has 31 heavy (non-hydrogen) atoms. The smallest absolute Gasteiger partial charge is 0.306 e. The van der Waals surface area contributed by atoms with Gasteiger partial charge in [-0.15, -0.1) is 0 Å². The average Bonchev–Trinajstić information content (AvgIpc) is 2.94. The van der Waals surface area contributed by atoms with Crippen molar-refractivity contribution in [3.63, 3.8) is 0 Å². The first-order valence-corrected chi connectivity index (χ1v) is 11.5. The number of alkyl halides is 1. The molecule has 0 amide bonds. The first-order valence-electron chi connectivity index (χ1n) is 11.5. The van der Waals surface area contributed by atoms with Crippen LogP contribution in [0.4, 0.5) is 4.39 Å². The molecule has 4 aliphatic rings. The molecule has 170 valence electrons. The minimum atomic E-state index is -1.55. The molecular weight excluding hydrogens is 399 g/mol. The fourth-order valence-electron chi connectivity index (χ4n) is 7.86. The van der Waals surface area contributed by atoms with Gasteiger partial charge in [0.15, 0.2) is 18.1 Å². The first-order chi connectivity index (χ1) is 14.5. The lowest BCUT2D eigenvalue weighted by atomic mass is 9.46. The summed E-state index contributed by atoms with van der Waals surface area (Å²) in [4.78, 5) is 37.4. The van der Waals surface area contributed by atoms with Crippen molar-refractivity contribution in [2.24, 2.45) is 34.5 Å². The lowest BCUT2D eigenvalue weighted by Crippen LogP contribution is -2.64. The minimum absolute atomic E-state index is 0.0143. The molecule has 8 atom stereocenters. The van der Waals surface area contributed by atoms with Crippen LogP contribution in [0, 0.1) is 34.5 Å². The summed E-state index contributed by atoms with van der Waals surface area (Å²) in [7, 11) is 0. The molecule has 0 heterocycles. The summed E-state index contributed by atoms with van der Waals surface area (Å²) in [6.45, 7) is 6.33. The fourth-order valence-corrected chi connectivity index (χ4v) is 7.86. The van der Waals surface area contributed by atoms with E-state index in [4.69, 9.17) is 4.74 Å². The Bertz CT molecular complexity index is 877. The predicted octanol–water partition coefficient (Wildman–Crippen LogP) is 3.74. The third-order valence-electron chi connectivity index (χ3n) is 9.13. The van der Waals surface area contributed by atoms with Crippen LogP contribution in [-0.2, 0) is 19.1 Å². The van der Waals surface area contributed by atoms with Crippen molar-refractivity contribution < 1.29 is 28.6 Å². The van der Waals surface area contributed by atoms with E-state index in [2.05, 4.69) is 6.92 Å². The van der Waals surface area contributed by atoms with Gasteiger partial charge in [0.1, 0.15) is 0 Å². The Morgan fingerprint density at radius 2 is 2.03 bits per heavy atom. The number of aliphatic hydroxyl groups excluding tert-OH is 1. The van der Waals surface area contributed by atoms with Crippen LogP contribution in [0.5, 0.6) is 0 Å². The Morgan fingerprint density at radius 3 is 2.68 bits per heavy atom. The number of esters is 1. The zero-order valence-electron chi connectivity index (χ0n) is 18.8. The van der Waals surface area contributed by atoms with E-state index in [-0.39, 0.29) is 42.3 Å². The van der Waals surface area contributed by atoms with Crippen molar-refractivity contribution >= 4 is 17.5 Å². The molecule has 0 spiro atoms. The largest absolute Gasteiger partial charge is 0.450 e. The molecule has 0 aromatic rings. The number of hydrogen-bond donors (Lipinski definition) is 1. The maximum absolute atomic E-state index is 13.8. The van der Waals surface area contributed by atoms with Crippen molar-refractivity contribution in [3.05, 3.63) is 23.8 Å². The third-order valence-corrected chi connectivity index (χ3v) is 9.13. The van der Waals surface area contributed by atoms with Gasteiger partial charge < -0.3 is 9.84 Å². The lowest BCUT2D eigenvalue weighted by molar-refractivity contribution is -0.204. The summed E-state index contributed by atoms with van der Waals surface area (Å²) in [5.41, 5.74) is -1.76. The van der Waals surface area contributed by atoms with E-state index in [1.54, 1.807) is 19.1 Å². The zero-order chi connectivity index (χ0) is 22.8. The van der Waals surface area contributed by atoms with E-state index in [1.807, 2.05) is 19.9 Å². The number of hydrogen-bond acceptors (Lipinski definition) is 5. The normalized spacial score (nSPS) is 45.9. The summed E-state index contributed by atoms with van der Waals surface area (Å²) in [6.07, 6.45) is 7.02. The number of halogens is 1. The molecule has 5 nitrogen and oxygen atoms in total. The van der Waals surface area contributed by atoms with E-state index < -0.39 is 41.0 Å². The molecule has 3 fully saturated rings. The number of aliphatic hydroxyl groups is 1. The number of ether oxygens (including phenoxy) is 1. The second-order valence-corrected chi connectivity index (χ2v) is 10.5. The highest BCUT2D eigenvalue weighted by Crippen LogP contribution is 2.69. The van der Waals surface area contributed by atoms with Gasteiger partial charge in [-0.1, -0.05) is 39.3 Å². The Balaban J connectivity index is 1.80. The zero-order valence-corrected chi connectivity index (χ0v) is 18.8. The number of fused-ring (bicyclic) bond motifs is 5. The van der Waals surface area contributed by atoms with Crippen LogP contribution in [0.15, 0.2) is 23.8 Å². The van der Waals surface area contributed by atoms with Crippen LogP contribution in [0.3, 0.4) is 0 Å². The molecule has 1 N–H and O–H groups in total. The van der Waals surface area contributed by atoms with Crippen LogP contribution >= 0.6 is 0 Å². The number of rotatable bonds is 4. The van der Waals surface area contributed by atoms with E-state index >= 15 is 0 Å². The summed E-state index contributed by atoms with van der Waals surface area (Å²) in [5.74, 6) is -1.55. The van der Waals surface area contributed by atoms with Crippen LogP contribution in [-0.4, -0.2) is 41.0 Å². The third kappa shape index (κ3) is 2.86. The van der Waals surface area contributed by atoms with E-state index in [9.17, 15) is 23.9 Å². The second-order valence-electron chi connectivity index (χ2n) is 10.5. The molecule has 0 aromatic carbocycles. The van der Waals surface area contributed by atoms with E-state index in [0.717, 1.165) is 18.4 Å². The standard InChI is InChI=1S/C25H33FO5/c1-5-21(30)31-25(20(29)13-26)14(2)10-18-17-7-6-15-11-16(27)8-9-23(15,3)22(17)19(28)12-24(18,25)4/h8-9,11,14,17-19,22,28H,5-7,10,12-13H2,1-4H3/t14?,17-,18-,19?,22+,23-,24-,25-/m0/s1. The lowest BCUT2D eigenvalue weighted by Gasteiger charge is -2.60. The molecule has 4 aliphatic carbocycles. The van der Waals surface area contributed by atoms with Gasteiger partial charge in [0.2, 0.25) is 5.78 Å². The van der Waals surface area contributed by atoms with Crippen molar-refractivity contribution in [3.8, 4) is 0 Å². The predicted molar refractivity (Wildman–Crippen MR) is 113 cm³/mol. The Morgan fingerprint density at radius 1 is 1.32 bits per heavy atom. The van der Waals surface area contributed by atoms with Crippen molar-refractivity contribution in [2.75, 3.05) is 6.67 Å². The molecule has 0 bridgehead atoms. The van der Waals surface area contributed by atoms with E-state index in [1.165, 1.54) is 0 Å². The van der Waals surface area contributed by atoms with Crippen LogP contribution in [0.25, 0.3) is 0 Å². The molecular formula is C25H33FO5. The highest BCUT2D eigenvalue weighted by atomic mass is 19.1. The van der Waals surface area contributed by atoms with Gasteiger partial charge in [-0.25, -0.2) is 4.39 Å². The van der Waals surface area contributed by atoms with Crippen molar-refractivity contribution in [2.45, 2.75) is 71.5 Å². The number of allylic oxidation sites excluding steroid dienone is 4. The SMILES string of the molecule is CCC(=O)O[C@]1(C(=O)CF)C(C)C[C@H]2[C@@H]3CCC4=CC(=O)C=C[C@]4(C)[C@H]3C(O)C[C@@]21C. The molecule has 0 saturated heterocycles. The van der Waals surface area contributed by atoms with Crippen LogP contribution in [0.1, 0.15) is 59.8 Å². The second kappa shape index (κ2) is 7.36. The highest BCUT2D eigenvalue weighted by Gasteiger charge is 2.72. The molecule has 2 unspecified atom stereocenters. The Hall–Kier alpha value is -1.82. The number of carbonyl (C=O) groups excluding carboxylic acids is 3. The van der Waals surface area contributed by atoms with Gasteiger partial charge in [-0.2, -0.15) is 0 Å². The van der Waals surface area contributed by atoms with E-state index in [0.29, 0.717) is 6.42 Å². The quantitative estimate of drug-likeness (QED) is 0.685. The van der Waals surface area contributed by atoms with Crippen LogP contribution < -0.4 is 0 Å². The van der Waals surface area contributed by atoms with Gasteiger partial charge in [-0.05, 0) is 49.7 Å². The number of carbonyl (C=O) groups is 3. The summed E-state index contributed by atoms with van der Waals surface area (Å²) in [5, 5.41) is 11.5. The summed E-state index contributed by atoms with van der Waals surface area (Å²) in [6, 6.07) is 0. The summed E-state index contributed by atoms with van der Waals surface area (Å²) < 4.78 is 19.7. The maximum Gasteiger partial charge on any atom is 0.306 e. The summed E-state index contributed by atoms with van der Waals surface area (Å²) >= 11 is 0. The Kier molecular flexibility index (Phi) is 5.31. The number of Topliss-reactive ketones (excluding diaryl/α,β-unsaturated/α-hetero) is 1. The topological polar surface area (TPSA) is 80.7 Å². The minimum Gasteiger partial charge on any atom is -0.450 e. The van der Waals surface area contributed by atoms with Gasteiger partial charge in [0, 0.05) is 29.1 Å². The van der Waals surface area contributed by atoms with Crippen LogP contribution in [0.2, 0.25) is 0 Å². The molecule has 0 aliphatic heterocycles. The van der Waals surface area contributed by atoms with Gasteiger partial charge in [0.05, 0.1) is 6.10 Å². The first kappa shape index (κ1) is 22.4. The highest BCUT2D eigenvalue weighted by molar-refractivity contribution is 6.01. The number of ketones is 2. The van der Waals surface area contributed by atoms with Gasteiger partial charge in [-0.3, -0.25) is 14.4 Å². The van der Waals surface area contributed by atoms with Gasteiger partial charge in [0.25, 0.3) is 0 Å². The van der Waals surface area contributed by atoms with Gasteiger partial charge >= 0.3 is 5.97 Å². The molecule has 0 aromatic heterocycles. The average molecular weight is 433 g/mol. The Labute approximate surface area is 183 Å². The molecule has 3 saturated carbocycles. The maximum atomic E-state index is 13.8. The molecule has 6 heteroatoms. The fraction of sp³-hybridized carbons (Fsp3) is 0.720. The van der Waals surface area contributed by atoms with Crippen molar-refractivity contribution in [1.29, 1.82) is 0 Å².